The molecule has 3 saturated heterocycles. The highest BCUT2D eigenvalue weighted by molar-refractivity contribution is 6.36. The summed E-state index contributed by atoms with van der Waals surface area (Å²) in [7, 11) is -0.655. The predicted octanol–water partition coefficient (Wildman–Crippen LogP) is 1.56. The minimum atomic E-state index is -0.655. The minimum absolute atomic E-state index is 0.167. The third-order valence-electron chi connectivity index (χ3n) is 4.33. The SMILES string of the molecule is C1COC(COB(OCC2CCCO2)OCC2CCCO2)C1. The normalized spacial score (nSPS) is 31.9. The lowest BCUT2D eigenvalue weighted by Gasteiger charge is -2.20. The van der Waals surface area contributed by atoms with Crippen molar-refractivity contribution in [3.63, 3.8) is 0 Å². The van der Waals surface area contributed by atoms with E-state index in [9.17, 15) is 0 Å². The third-order valence-corrected chi connectivity index (χ3v) is 4.33. The van der Waals surface area contributed by atoms with Gasteiger partial charge in [-0.05, 0) is 38.5 Å². The van der Waals surface area contributed by atoms with Crippen LogP contribution in [0.15, 0.2) is 0 Å². The van der Waals surface area contributed by atoms with Gasteiger partial charge in [0.1, 0.15) is 0 Å². The van der Waals surface area contributed by atoms with Gasteiger partial charge in [0.2, 0.25) is 0 Å². The van der Waals surface area contributed by atoms with Gasteiger partial charge in [-0.3, -0.25) is 0 Å². The fourth-order valence-electron chi connectivity index (χ4n) is 3.03. The quantitative estimate of drug-likeness (QED) is 0.602. The third kappa shape index (κ3) is 5.47. The second-order valence-electron chi connectivity index (χ2n) is 6.19. The van der Waals surface area contributed by atoms with E-state index in [1.807, 2.05) is 0 Å². The van der Waals surface area contributed by atoms with Crippen LogP contribution in [0.4, 0.5) is 0 Å². The molecule has 0 aromatic heterocycles. The van der Waals surface area contributed by atoms with Gasteiger partial charge in [0, 0.05) is 19.8 Å². The smallest absolute Gasteiger partial charge is 0.383 e. The average Bonchev–Trinajstić information content (AvgIpc) is 3.29. The van der Waals surface area contributed by atoms with E-state index in [2.05, 4.69) is 0 Å². The topological polar surface area (TPSA) is 55.4 Å². The van der Waals surface area contributed by atoms with Gasteiger partial charge < -0.3 is 28.2 Å². The zero-order valence-electron chi connectivity index (χ0n) is 13.2. The van der Waals surface area contributed by atoms with Crippen LogP contribution in [0.2, 0.25) is 0 Å². The number of hydrogen-bond acceptors (Lipinski definition) is 6. The van der Waals surface area contributed by atoms with E-state index in [1.165, 1.54) is 0 Å². The van der Waals surface area contributed by atoms with Gasteiger partial charge in [-0.15, -0.1) is 0 Å². The van der Waals surface area contributed by atoms with Crippen molar-refractivity contribution in [1.82, 2.24) is 0 Å². The van der Waals surface area contributed by atoms with Crippen LogP contribution in [0.1, 0.15) is 38.5 Å². The summed E-state index contributed by atoms with van der Waals surface area (Å²) >= 11 is 0. The Kier molecular flexibility index (Phi) is 6.97. The van der Waals surface area contributed by atoms with E-state index in [0.717, 1.165) is 58.3 Å². The summed E-state index contributed by atoms with van der Waals surface area (Å²) in [5.74, 6) is 0. The standard InChI is InChI=1S/C15H27BO6/c1-4-13(17-7-1)10-20-16(21-11-14-5-2-8-18-14)22-12-15-6-3-9-19-15/h13-15H,1-12H2. The Morgan fingerprint density at radius 3 is 1.27 bits per heavy atom. The molecule has 3 rings (SSSR count). The molecule has 0 amide bonds. The van der Waals surface area contributed by atoms with Crippen molar-refractivity contribution >= 4 is 7.32 Å². The van der Waals surface area contributed by atoms with Crippen molar-refractivity contribution in [3.8, 4) is 0 Å². The summed E-state index contributed by atoms with van der Waals surface area (Å²) in [5.41, 5.74) is 0. The molecule has 3 unspecified atom stereocenters. The van der Waals surface area contributed by atoms with Gasteiger partial charge in [-0.25, -0.2) is 0 Å². The summed E-state index contributed by atoms with van der Waals surface area (Å²) in [5, 5.41) is 0. The molecule has 3 aliphatic heterocycles. The van der Waals surface area contributed by atoms with Crippen molar-refractivity contribution in [1.29, 1.82) is 0 Å². The summed E-state index contributed by atoms with van der Waals surface area (Å²) in [6, 6.07) is 0. The van der Waals surface area contributed by atoms with E-state index in [4.69, 9.17) is 28.2 Å². The van der Waals surface area contributed by atoms with Crippen LogP contribution in [-0.4, -0.2) is 65.3 Å². The second-order valence-corrected chi connectivity index (χ2v) is 6.19. The first kappa shape index (κ1) is 16.7. The Morgan fingerprint density at radius 2 is 1.00 bits per heavy atom. The van der Waals surface area contributed by atoms with Crippen molar-refractivity contribution in [3.05, 3.63) is 0 Å². The molecule has 126 valence electrons. The Labute approximate surface area is 132 Å². The number of hydrogen-bond donors (Lipinski definition) is 0. The van der Waals surface area contributed by atoms with Gasteiger partial charge in [-0.2, -0.15) is 0 Å². The lowest BCUT2D eigenvalue weighted by molar-refractivity contribution is -0.00987. The molecule has 0 aromatic carbocycles. The Bertz CT molecular complexity index is 253. The van der Waals surface area contributed by atoms with E-state index >= 15 is 0 Å². The lowest BCUT2D eigenvalue weighted by atomic mass is 10.1. The molecule has 0 spiro atoms. The minimum Gasteiger partial charge on any atom is -0.383 e. The molecule has 3 fully saturated rings. The maximum absolute atomic E-state index is 5.77. The molecule has 0 aromatic rings. The summed E-state index contributed by atoms with van der Waals surface area (Å²) in [6.07, 6.45) is 6.95. The number of ether oxygens (including phenoxy) is 3. The molecule has 0 radical (unpaired) electrons. The lowest BCUT2D eigenvalue weighted by Crippen LogP contribution is -2.35. The fourth-order valence-corrected chi connectivity index (χ4v) is 3.03. The monoisotopic (exact) mass is 314 g/mol. The van der Waals surface area contributed by atoms with Crippen LogP contribution in [0.25, 0.3) is 0 Å². The van der Waals surface area contributed by atoms with Crippen molar-refractivity contribution in [2.24, 2.45) is 0 Å². The van der Waals surface area contributed by atoms with E-state index < -0.39 is 7.32 Å². The fraction of sp³-hybridized carbons (Fsp3) is 1.00. The highest BCUT2D eigenvalue weighted by atomic mass is 16.7. The zero-order valence-corrected chi connectivity index (χ0v) is 13.2. The molecule has 6 nitrogen and oxygen atoms in total. The maximum Gasteiger partial charge on any atom is 0.639 e. The summed E-state index contributed by atoms with van der Waals surface area (Å²) in [4.78, 5) is 0. The van der Waals surface area contributed by atoms with Gasteiger partial charge in [0.15, 0.2) is 0 Å². The molecular formula is C15H27BO6. The molecule has 3 atom stereocenters. The number of rotatable bonds is 9. The van der Waals surface area contributed by atoms with Crippen LogP contribution in [-0.2, 0) is 28.2 Å². The van der Waals surface area contributed by atoms with Gasteiger partial charge in [0.25, 0.3) is 0 Å². The summed E-state index contributed by atoms with van der Waals surface area (Å²) in [6.45, 7) is 4.02. The first-order valence-corrected chi connectivity index (χ1v) is 8.60. The van der Waals surface area contributed by atoms with Crippen LogP contribution >= 0.6 is 0 Å². The van der Waals surface area contributed by atoms with Crippen LogP contribution in [0, 0.1) is 0 Å². The van der Waals surface area contributed by atoms with Crippen LogP contribution in [0.3, 0.4) is 0 Å². The molecule has 3 aliphatic rings. The van der Waals surface area contributed by atoms with E-state index in [0.29, 0.717) is 19.8 Å². The van der Waals surface area contributed by atoms with E-state index in [-0.39, 0.29) is 18.3 Å². The molecule has 3 heterocycles. The van der Waals surface area contributed by atoms with E-state index in [1.54, 1.807) is 0 Å². The largest absolute Gasteiger partial charge is 0.639 e. The molecule has 22 heavy (non-hydrogen) atoms. The molecular weight excluding hydrogens is 287 g/mol. The highest BCUT2D eigenvalue weighted by Gasteiger charge is 2.29. The molecule has 0 saturated carbocycles. The van der Waals surface area contributed by atoms with Crippen molar-refractivity contribution in [2.45, 2.75) is 56.8 Å². The van der Waals surface area contributed by atoms with Crippen LogP contribution in [0.5, 0.6) is 0 Å². The average molecular weight is 314 g/mol. The Morgan fingerprint density at radius 1 is 0.636 bits per heavy atom. The summed E-state index contributed by atoms with van der Waals surface area (Å²) < 4.78 is 34.0. The first-order chi connectivity index (χ1) is 10.9. The molecule has 0 N–H and O–H groups in total. The van der Waals surface area contributed by atoms with Gasteiger partial charge >= 0.3 is 7.32 Å². The first-order valence-electron chi connectivity index (χ1n) is 8.60. The molecule has 7 heteroatoms. The highest BCUT2D eigenvalue weighted by Crippen LogP contribution is 2.16. The second kappa shape index (κ2) is 9.20. The molecule has 0 aliphatic carbocycles. The predicted molar refractivity (Wildman–Crippen MR) is 80.5 cm³/mol. The van der Waals surface area contributed by atoms with Gasteiger partial charge in [0.05, 0.1) is 38.1 Å². The maximum atomic E-state index is 5.77. The van der Waals surface area contributed by atoms with Gasteiger partial charge in [-0.1, -0.05) is 0 Å². The molecule has 0 bridgehead atoms. The Hall–Kier alpha value is -0.175. The zero-order chi connectivity index (χ0) is 15.0. The van der Waals surface area contributed by atoms with Crippen molar-refractivity contribution < 1.29 is 28.2 Å². The van der Waals surface area contributed by atoms with Crippen molar-refractivity contribution in [2.75, 3.05) is 39.6 Å². The Balaban J connectivity index is 1.38. The van der Waals surface area contributed by atoms with Crippen LogP contribution < -0.4 is 0 Å².